The van der Waals surface area contributed by atoms with Gasteiger partial charge in [-0.3, -0.25) is 14.5 Å². The van der Waals surface area contributed by atoms with Crippen molar-refractivity contribution in [3.05, 3.63) is 11.3 Å². The standard InChI is InChI=1S/C14H20BrNO5S/c1-14(2,3)13(18)12(21-4)11-8(6-15)7-22(19,20)10-5-9(17)16(10)11/h10,12H,5-7H2,1-4H3/t10-,12?/m0/s1. The first-order chi connectivity index (χ1) is 10.0. The van der Waals surface area contributed by atoms with E-state index in [2.05, 4.69) is 15.9 Å². The van der Waals surface area contributed by atoms with E-state index in [4.69, 9.17) is 4.74 Å². The minimum Gasteiger partial charge on any atom is -0.367 e. The molecule has 0 aromatic rings. The summed E-state index contributed by atoms with van der Waals surface area (Å²) >= 11 is 3.26. The summed E-state index contributed by atoms with van der Waals surface area (Å²) in [5.74, 6) is -0.619. The largest absolute Gasteiger partial charge is 0.367 e. The number of methoxy groups -OCH3 is 1. The van der Waals surface area contributed by atoms with E-state index in [1.54, 1.807) is 20.8 Å². The van der Waals surface area contributed by atoms with Gasteiger partial charge in [-0.1, -0.05) is 36.7 Å². The molecular formula is C14H20BrNO5S. The molecule has 1 amide bonds. The molecule has 2 aliphatic heterocycles. The zero-order valence-electron chi connectivity index (χ0n) is 13.1. The fourth-order valence-electron chi connectivity index (χ4n) is 2.70. The first kappa shape index (κ1) is 17.6. The molecule has 1 unspecified atom stereocenters. The summed E-state index contributed by atoms with van der Waals surface area (Å²) in [6, 6.07) is 0. The predicted octanol–water partition coefficient (Wildman–Crippen LogP) is 1.25. The van der Waals surface area contributed by atoms with Gasteiger partial charge in [0.15, 0.2) is 21.7 Å². The topological polar surface area (TPSA) is 80.8 Å². The molecule has 0 bridgehead atoms. The summed E-state index contributed by atoms with van der Waals surface area (Å²) in [5.41, 5.74) is 0.245. The number of halogens is 1. The molecule has 1 fully saturated rings. The number of rotatable bonds is 4. The molecule has 0 aromatic carbocycles. The van der Waals surface area contributed by atoms with Crippen LogP contribution in [0.3, 0.4) is 0 Å². The zero-order chi connectivity index (χ0) is 16.9. The van der Waals surface area contributed by atoms with Crippen LogP contribution in [-0.2, 0) is 24.2 Å². The van der Waals surface area contributed by atoms with Crippen LogP contribution in [0.1, 0.15) is 27.2 Å². The Morgan fingerprint density at radius 3 is 2.45 bits per heavy atom. The highest BCUT2D eigenvalue weighted by Gasteiger charge is 2.53. The van der Waals surface area contributed by atoms with Gasteiger partial charge in [-0.2, -0.15) is 0 Å². The van der Waals surface area contributed by atoms with Crippen LogP contribution in [0.5, 0.6) is 0 Å². The number of alkyl halides is 1. The van der Waals surface area contributed by atoms with Gasteiger partial charge in [0.2, 0.25) is 5.91 Å². The lowest BCUT2D eigenvalue weighted by Crippen LogP contribution is -2.62. The van der Waals surface area contributed by atoms with Crippen molar-refractivity contribution in [2.24, 2.45) is 5.41 Å². The Balaban J connectivity index is 2.55. The Labute approximate surface area is 138 Å². The minimum atomic E-state index is -3.40. The molecule has 1 saturated heterocycles. The number of carbonyl (C=O) groups excluding carboxylic acids is 2. The van der Waals surface area contributed by atoms with Gasteiger partial charge in [0.05, 0.1) is 17.9 Å². The fourth-order valence-corrected chi connectivity index (χ4v) is 5.33. The van der Waals surface area contributed by atoms with Crippen molar-refractivity contribution in [1.82, 2.24) is 4.90 Å². The van der Waals surface area contributed by atoms with Gasteiger partial charge in [0, 0.05) is 17.9 Å². The molecule has 6 nitrogen and oxygen atoms in total. The normalized spacial score (nSPS) is 25.6. The second kappa shape index (κ2) is 5.72. The van der Waals surface area contributed by atoms with Gasteiger partial charge >= 0.3 is 0 Å². The number of hydrogen-bond acceptors (Lipinski definition) is 5. The average molecular weight is 394 g/mol. The number of ketones is 1. The van der Waals surface area contributed by atoms with Crippen LogP contribution in [0, 0.1) is 5.41 Å². The molecule has 0 saturated carbocycles. The van der Waals surface area contributed by atoms with E-state index in [1.807, 2.05) is 0 Å². The van der Waals surface area contributed by atoms with E-state index in [1.165, 1.54) is 12.0 Å². The lowest BCUT2D eigenvalue weighted by atomic mass is 9.85. The van der Waals surface area contributed by atoms with Crippen molar-refractivity contribution in [2.45, 2.75) is 38.7 Å². The van der Waals surface area contributed by atoms with E-state index in [9.17, 15) is 18.0 Å². The number of nitrogens with zero attached hydrogens (tertiary/aromatic N) is 1. The number of hydrogen-bond donors (Lipinski definition) is 0. The fraction of sp³-hybridized carbons (Fsp3) is 0.714. The molecule has 2 heterocycles. The van der Waals surface area contributed by atoms with Gasteiger partial charge in [0.25, 0.3) is 0 Å². The highest BCUT2D eigenvalue weighted by atomic mass is 79.9. The van der Waals surface area contributed by atoms with Gasteiger partial charge in [0.1, 0.15) is 5.37 Å². The summed E-state index contributed by atoms with van der Waals surface area (Å²) in [6.07, 6.45) is -0.962. The first-order valence-corrected chi connectivity index (χ1v) is 9.77. The summed E-state index contributed by atoms with van der Waals surface area (Å²) in [4.78, 5) is 25.8. The number of ether oxygens (including phenoxy) is 1. The Morgan fingerprint density at radius 1 is 1.45 bits per heavy atom. The van der Waals surface area contributed by atoms with Gasteiger partial charge in [-0.15, -0.1) is 0 Å². The smallest absolute Gasteiger partial charge is 0.231 e. The van der Waals surface area contributed by atoms with Crippen LogP contribution >= 0.6 is 15.9 Å². The summed E-state index contributed by atoms with van der Waals surface area (Å²) in [6.45, 7) is 5.31. The summed E-state index contributed by atoms with van der Waals surface area (Å²) in [5, 5.41) is -0.585. The Morgan fingerprint density at radius 2 is 2.05 bits per heavy atom. The predicted molar refractivity (Wildman–Crippen MR) is 85.1 cm³/mol. The summed E-state index contributed by atoms with van der Waals surface area (Å²) < 4.78 is 29.8. The quantitative estimate of drug-likeness (QED) is 0.530. The zero-order valence-corrected chi connectivity index (χ0v) is 15.5. The molecule has 0 spiro atoms. The number of Topliss-reactive ketones (excluding diaryl/α,β-unsaturated/α-hetero) is 1. The monoisotopic (exact) mass is 393 g/mol. The van der Waals surface area contributed by atoms with Gasteiger partial charge in [-0.25, -0.2) is 8.42 Å². The first-order valence-electron chi connectivity index (χ1n) is 6.93. The van der Waals surface area contributed by atoms with Gasteiger partial charge < -0.3 is 4.74 Å². The molecular weight excluding hydrogens is 374 g/mol. The molecule has 2 rings (SSSR count). The second-order valence-electron chi connectivity index (χ2n) is 6.58. The Hall–Kier alpha value is -0.730. The molecule has 124 valence electrons. The van der Waals surface area contributed by atoms with Crippen LogP contribution < -0.4 is 0 Å². The van der Waals surface area contributed by atoms with Crippen LogP contribution in [0.2, 0.25) is 0 Å². The van der Waals surface area contributed by atoms with Crippen LogP contribution in [0.25, 0.3) is 0 Å². The van der Waals surface area contributed by atoms with Crippen LogP contribution in [0.15, 0.2) is 11.3 Å². The molecule has 0 aliphatic carbocycles. The maximum Gasteiger partial charge on any atom is 0.231 e. The third-order valence-electron chi connectivity index (χ3n) is 3.94. The lowest BCUT2D eigenvalue weighted by molar-refractivity contribution is -0.144. The van der Waals surface area contributed by atoms with Crippen molar-refractivity contribution in [2.75, 3.05) is 18.2 Å². The number of β-lactam (4-membered cyclic amide) rings is 1. The minimum absolute atomic E-state index is 0.0262. The van der Waals surface area contributed by atoms with Crippen molar-refractivity contribution >= 4 is 37.5 Å². The molecule has 2 atom stereocenters. The maximum atomic E-state index is 12.6. The van der Waals surface area contributed by atoms with Crippen LogP contribution in [-0.4, -0.2) is 54.7 Å². The number of amides is 1. The number of fused-ring (bicyclic) bond motifs is 1. The highest BCUT2D eigenvalue weighted by Crippen LogP contribution is 2.40. The molecule has 22 heavy (non-hydrogen) atoms. The van der Waals surface area contributed by atoms with Crippen molar-refractivity contribution in [3.8, 4) is 0 Å². The molecule has 0 N–H and O–H groups in total. The molecule has 8 heteroatoms. The third kappa shape index (κ3) is 2.76. The van der Waals surface area contributed by atoms with E-state index < -0.39 is 26.7 Å². The average Bonchev–Trinajstić information content (AvgIpc) is 2.39. The van der Waals surface area contributed by atoms with E-state index in [0.29, 0.717) is 11.3 Å². The van der Waals surface area contributed by atoms with Crippen molar-refractivity contribution in [1.29, 1.82) is 0 Å². The highest BCUT2D eigenvalue weighted by molar-refractivity contribution is 9.09. The molecule has 2 aliphatic rings. The third-order valence-corrected chi connectivity index (χ3v) is 6.57. The van der Waals surface area contributed by atoms with E-state index in [-0.39, 0.29) is 29.2 Å². The van der Waals surface area contributed by atoms with Crippen LogP contribution in [0.4, 0.5) is 0 Å². The maximum absolute atomic E-state index is 12.6. The SMILES string of the molecule is COC(C(=O)C(C)(C)C)C1=C(CBr)CS(=O)(=O)[C@H]2CC(=O)N12. The molecule has 0 radical (unpaired) electrons. The molecule has 0 aromatic heterocycles. The van der Waals surface area contributed by atoms with Crippen molar-refractivity contribution < 1.29 is 22.7 Å². The summed E-state index contributed by atoms with van der Waals surface area (Å²) in [7, 11) is -2.01. The Bertz CT molecular complexity index is 647. The second-order valence-corrected chi connectivity index (χ2v) is 9.30. The van der Waals surface area contributed by atoms with Gasteiger partial charge in [-0.05, 0) is 5.57 Å². The van der Waals surface area contributed by atoms with Crippen molar-refractivity contribution in [3.63, 3.8) is 0 Å². The lowest BCUT2D eigenvalue weighted by Gasteiger charge is -2.47. The van der Waals surface area contributed by atoms with E-state index in [0.717, 1.165) is 0 Å². The number of carbonyl (C=O) groups is 2. The Kier molecular flexibility index (Phi) is 4.58. The number of sulfone groups is 1. The van der Waals surface area contributed by atoms with E-state index >= 15 is 0 Å².